The highest BCUT2D eigenvalue weighted by atomic mass is 127. The predicted octanol–water partition coefficient (Wildman–Crippen LogP) is 2.28. The molecule has 20 heavy (non-hydrogen) atoms. The van der Waals surface area contributed by atoms with Crippen molar-refractivity contribution in [2.75, 3.05) is 38.3 Å². The van der Waals surface area contributed by atoms with Gasteiger partial charge < -0.3 is 15.0 Å². The third-order valence-electron chi connectivity index (χ3n) is 3.93. The largest absolute Gasteiger partial charge is 0.381 e. The van der Waals surface area contributed by atoms with Crippen molar-refractivity contribution in [1.29, 1.82) is 0 Å². The zero-order valence-electron chi connectivity index (χ0n) is 11.8. The molecule has 0 amide bonds. The van der Waals surface area contributed by atoms with Crippen molar-refractivity contribution in [1.82, 2.24) is 5.32 Å². The summed E-state index contributed by atoms with van der Waals surface area (Å²) >= 11 is 0. The zero-order valence-corrected chi connectivity index (χ0v) is 14.2. The summed E-state index contributed by atoms with van der Waals surface area (Å²) in [5.74, 6) is 1.60. The van der Waals surface area contributed by atoms with Gasteiger partial charge in [-0.2, -0.15) is 0 Å². The Balaban J connectivity index is 0.00000147. The fourth-order valence-electron chi connectivity index (χ4n) is 2.83. The molecular weight excluding hydrogens is 365 g/mol. The highest BCUT2D eigenvalue weighted by Crippen LogP contribution is 2.27. The van der Waals surface area contributed by atoms with Crippen LogP contribution in [-0.2, 0) is 11.2 Å². The number of hydrogen-bond donors (Lipinski definition) is 1. The van der Waals surface area contributed by atoms with Gasteiger partial charge in [-0.25, -0.2) is 0 Å². The molecule has 110 valence electrons. The van der Waals surface area contributed by atoms with E-state index >= 15 is 0 Å². The smallest absolute Gasteiger partial charge is 0.198 e. The van der Waals surface area contributed by atoms with E-state index in [1.165, 1.54) is 11.3 Å². The van der Waals surface area contributed by atoms with Crippen LogP contribution >= 0.6 is 24.0 Å². The van der Waals surface area contributed by atoms with Crippen LogP contribution in [0.5, 0.6) is 0 Å². The van der Waals surface area contributed by atoms with Crippen LogP contribution in [0.1, 0.15) is 12.0 Å². The molecular formula is C15H22IN3O. The highest BCUT2D eigenvalue weighted by molar-refractivity contribution is 14.0. The first kappa shape index (κ1) is 15.6. The number of ether oxygens (including phenoxy) is 1. The van der Waals surface area contributed by atoms with Gasteiger partial charge in [-0.3, -0.25) is 4.99 Å². The van der Waals surface area contributed by atoms with Gasteiger partial charge in [0.15, 0.2) is 5.96 Å². The zero-order chi connectivity index (χ0) is 13.1. The second kappa shape index (κ2) is 7.26. The lowest BCUT2D eigenvalue weighted by molar-refractivity contribution is 0.186. The number of fused-ring (bicyclic) bond motifs is 1. The van der Waals surface area contributed by atoms with Gasteiger partial charge in [0.05, 0.1) is 6.61 Å². The molecule has 1 unspecified atom stereocenters. The molecule has 0 saturated carbocycles. The molecule has 2 aliphatic heterocycles. The van der Waals surface area contributed by atoms with Crippen molar-refractivity contribution in [2.24, 2.45) is 10.9 Å². The van der Waals surface area contributed by atoms with Crippen LogP contribution in [0.25, 0.3) is 0 Å². The van der Waals surface area contributed by atoms with E-state index in [2.05, 4.69) is 39.5 Å². The van der Waals surface area contributed by atoms with Crippen molar-refractivity contribution >= 4 is 35.6 Å². The second-order valence-electron chi connectivity index (χ2n) is 5.19. The minimum Gasteiger partial charge on any atom is -0.381 e. The van der Waals surface area contributed by atoms with Crippen LogP contribution < -0.4 is 10.2 Å². The average molecular weight is 387 g/mol. The minimum atomic E-state index is 0. The predicted molar refractivity (Wildman–Crippen MR) is 93.2 cm³/mol. The molecule has 0 radical (unpaired) electrons. The van der Waals surface area contributed by atoms with Gasteiger partial charge in [0.2, 0.25) is 0 Å². The van der Waals surface area contributed by atoms with Gasteiger partial charge in [0.1, 0.15) is 0 Å². The molecule has 1 aromatic rings. The first-order chi connectivity index (χ1) is 9.38. The van der Waals surface area contributed by atoms with Crippen LogP contribution in [0, 0.1) is 5.92 Å². The fraction of sp³-hybridized carbons (Fsp3) is 0.533. The summed E-state index contributed by atoms with van der Waals surface area (Å²) in [7, 11) is 1.86. The van der Waals surface area contributed by atoms with E-state index in [-0.39, 0.29) is 24.0 Å². The molecule has 2 heterocycles. The third kappa shape index (κ3) is 3.25. The van der Waals surface area contributed by atoms with E-state index < -0.39 is 0 Å². The molecule has 1 N–H and O–H groups in total. The number of rotatable bonds is 2. The van der Waals surface area contributed by atoms with Crippen LogP contribution in [-0.4, -0.2) is 39.3 Å². The number of nitrogens with one attached hydrogen (secondary N) is 1. The van der Waals surface area contributed by atoms with Gasteiger partial charge in [0, 0.05) is 38.3 Å². The number of benzene rings is 1. The summed E-state index contributed by atoms with van der Waals surface area (Å²) in [6.07, 6.45) is 2.25. The Hall–Kier alpha value is -0.820. The summed E-state index contributed by atoms with van der Waals surface area (Å²) < 4.78 is 5.41. The summed E-state index contributed by atoms with van der Waals surface area (Å²) in [5, 5.41) is 3.49. The van der Waals surface area contributed by atoms with Crippen LogP contribution in [0.3, 0.4) is 0 Å². The molecule has 0 bridgehead atoms. The molecule has 0 aliphatic carbocycles. The Morgan fingerprint density at radius 2 is 2.30 bits per heavy atom. The number of aliphatic imine (C=N–C) groups is 1. The summed E-state index contributed by atoms with van der Waals surface area (Å²) in [5.41, 5.74) is 2.70. The quantitative estimate of drug-likeness (QED) is 0.481. The van der Waals surface area contributed by atoms with Crippen molar-refractivity contribution in [3.05, 3.63) is 29.8 Å². The van der Waals surface area contributed by atoms with Crippen molar-refractivity contribution in [3.63, 3.8) is 0 Å². The Morgan fingerprint density at radius 1 is 1.45 bits per heavy atom. The van der Waals surface area contributed by atoms with E-state index in [9.17, 15) is 0 Å². The average Bonchev–Trinajstić information content (AvgIpc) is 3.09. The molecule has 2 aliphatic rings. The Labute approximate surface area is 137 Å². The van der Waals surface area contributed by atoms with Crippen LogP contribution in [0.4, 0.5) is 5.69 Å². The lowest BCUT2D eigenvalue weighted by Crippen LogP contribution is -2.42. The minimum absolute atomic E-state index is 0. The van der Waals surface area contributed by atoms with Gasteiger partial charge in [0.25, 0.3) is 0 Å². The topological polar surface area (TPSA) is 36.9 Å². The van der Waals surface area contributed by atoms with Crippen molar-refractivity contribution in [3.8, 4) is 0 Å². The number of hydrogen-bond acceptors (Lipinski definition) is 2. The van der Waals surface area contributed by atoms with E-state index in [0.29, 0.717) is 5.92 Å². The van der Waals surface area contributed by atoms with Gasteiger partial charge >= 0.3 is 0 Å². The van der Waals surface area contributed by atoms with E-state index in [1.807, 2.05) is 7.05 Å². The van der Waals surface area contributed by atoms with Crippen LogP contribution in [0.2, 0.25) is 0 Å². The standard InChI is InChI=1S/C15H21N3O.HI/c1-16-15(17-10-12-7-9-19-11-12)18-8-6-13-4-2-3-5-14(13)18;/h2-5,12H,6-11H2,1H3,(H,16,17);1H. The van der Waals surface area contributed by atoms with Gasteiger partial charge in [-0.1, -0.05) is 18.2 Å². The SMILES string of the molecule is CN=C(NCC1CCOC1)N1CCc2ccccc21.I. The maximum absolute atomic E-state index is 5.41. The number of anilines is 1. The van der Waals surface area contributed by atoms with Crippen molar-refractivity contribution in [2.45, 2.75) is 12.8 Å². The Kier molecular flexibility index (Phi) is 5.65. The Morgan fingerprint density at radius 3 is 3.05 bits per heavy atom. The summed E-state index contributed by atoms with van der Waals surface area (Å²) in [4.78, 5) is 6.70. The maximum Gasteiger partial charge on any atom is 0.198 e. The number of guanidine groups is 1. The third-order valence-corrected chi connectivity index (χ3v) is 3.93. The number of nitrogens with zero attached hydrogens (tertiary/aromatic N) is 2. The fourth-order valence-corrected chi connectivity index (χ4v) is 2.83. The van der Waals surface area contributed by atoms with E-state index in [4.69, 9.17) is 4.74 Å². The number of halogens is 1. The molecule has 4 nitrogen and oxygen atoms in total. The first-order valence-corrected chi connectivity index (χ1v) is 7.02. The molecule has 3 rings (SSSR count). The Bertz CT molecular complexity index is 472. The molecule has 1 fully saturated rings. The molecule has 5 heteroatoms. The summed E-state index contributed by atoms with van der Waals surface area (Å²) in [6, 6.07) is 8.57. The normalized spacial score (nSPS) is 21.6. The molecule has 1 saturated heterocycles. The van der Waals surface area contributed by atoms with Crippen LogP contribution in [0.15, 0.2) is 29.3 Å². The van der Waals surface area contributed by atoms with Gasteiger partial charge in [-0.15, -0.1) is 24.0 Å². The number of para-hydroxylation sites is 1. The molecule has 0 aromatic heterocycles. The monoisotopic (exact) mass is 387 g/mol. The van der Waals surface area contributed by atoms with E-state index in [0.717, 1.165) is 45.1 Å². The lowest BCUT2D eigenvalue weighted by Gasteiger charge is -2.23. The summed E-state index contributed by atoms with van der Waals surface area (Å²) in [6.45, 7) is 3.74. The molecule has 1 aromatic carbocycles. The molecule has 0 spiro atoms. The highest BCUT2D eigenvalue weighted by Gasteiger charge is 2.23. The second-order valence-corrected chi connectivity index (χ2v) is 5.19. The molecule has 1 atom stereocenters. The lowest BCUT2D eigenvalue weighted by atomic mass is 10.1. The van der Waals surface area contributed by atoms with Crippen molar-refractivity contribution < 1.29 is 4.74 Å². The van der Waals surface area contributed by atoms with Gasteiger partial charge in [-0.05, 0) is 24.5 Å². The van der Waals surface area contributed by atoms with E-state index in [1.54, 1.807) is 0 Å². The maximum atomic E-state index is 5.41. The first-order valence-electron chi connectivity index (χ1n) is 7.02.